The van der Waals surface area contributed by atoms with E-state index in [1.165, 1.54) is 7.11 Å². The number of imide groups is 1. The highest BCUT2D eigenvalue weighted by molar-refractivity contribution is 6.04. The largest absolute Gasteiger partial charge is 0.496 e. The van der Waals surface area contributed by atoms with E-state index in [9.17, 15) is 9.59 Å². The normalized spacial score (nSPS) is 26.6. The molecule has 2 saturated heterocycles. The lowest BCUT2D eigenvalue weighted by Crippen LogP contribution is -2.45. The van der Waals surface area contributed by atoms with E-state index >= 15 is 0 Å². The van der Waals surface area contributed by atoms with E-state index in [1.54, 1.807) is 24.3 Å². The van der Waals surface area contributed by atoms with Crippen LogP contribution in [0.15, 0.2) is 24.3 Å². The van der Waals surface area contributed by atoms with Crippen molar-refractivity contribution >= 4 is 12.0 Å². The molecule has 2 heterocycles. The molecule has 6 nitrogen and oxygen atoms in total. The molecule has 6 heteroatoms. The van der Waals surface area contributed by atoms with Crippen LogP contribution in [-0.2, 0) is 4.74 Å². The molecule has 3 rings (SSSR count). The first kappa shape index (κ1) is 15.8. The number of fused-ring (bicyclic) bond motifs is 2. The smallest absolute Gasteiger partial charge is 0.414 e. The van der Waals surface area contributed by atoms with Gasteiger partial charge < -0.3 is 14.4 Å². The summed E-state index contributed by atoms with van der Waals surface area (Å²) >= 11 is 0. The molecule has 1 N–H and O–H groups in total. The molecule has 2 amide bonds. The number of amides is 2. The van der Waals surface area contributed by atoms with Crippen LogP contribution in [0.1, 0.15) is 36.0 Å². The topological polar surface area (TPSA) is 67.9 Å². The van der Waals surface area contributed by atoms with Crippen LogP contribution >= 0.6 is 0 Å². The van der Waals surface area contributed by atoms with Gasteiger partial charge in [0.25, 0.3) is 5.91 Å². The van der Waals surface area contributed by atoms with Crippen molar-refractivity contribution in [2.75, 3.05) is 14.2 Å². The van der Waals surface area contributed by atoms with Gasteiger partial charge in [0.15, 0.2) is 0 Å². The molecule has 2 aliphatic heterocycles. The summed E-state index contributed by atoms with van der Waals surface area (Å²) in [4.78, 5) is 26.5. The van der Waals surface area contributed by atoms with E-state index in [1.807, 2.05) is 0 Å². The number of carbonyl (C=O) groups is 2. The average molecular weight is 318 g/mol. The molecule has 1 aromatic carbocycles. The fraction of sp³-hybridized carbons (Fsp3) is 0.529. The first-order valence-electron chi connectivity index (χ1n) is 7.95. The van der Waals surface area contributed by atoms with Gasteiger partial charge in [-0.15, -0.1) is 0 Å². The van der Waals surface area contributed by atoms with Crippen LogP contribution in [0.5, 0.6) is 5.75 Å². The second kappa shape index (κ2) is 6.58. The number of hydrogen-bond donors (Lipinski definition) is 1. The summed E-state index contributed by atoms with van der Waals surface area (Å²) in [6.07, 6.45) is 3.18. The number of carbonyl (C=O) groups excluding carboxylic acids is 2. The third-order valence-corrected chi connectivity index (χ3v) is 4.90. The van der Waals surface area contributed by atoms with Crippen molar-refractivity contribution in [2.45, 2.75) is 43.9 Å². The van der Waals surface area contributed by atoms with Crippen molar-refractivity contribution in [3.05, 3.63) is 29.8 Å². The van der Waals surface area contributed by atoms with Crippen molar-refractivity contribution in [3.8, 4) is 5.75 Å². The first-order valence-corrected chi connectivity index (χ1v) is 7.95. The predicted octanol–water partition coefficient (Wildman–Crippen LogP) is 2.19. The molecule has 2 bridgehead atoms. The predicted molar refractivity (Wildman–Crippen MR) is 84.5 cm³/mol. The van der Waals surface area contributed by atoms with Gasteiger partial charge >= 0.3 is 6.09 Å². The van der Waals surface area contributed by atoms with Crippen molar-refractivity contribution in [1.29, 1.82) is 0 Å². The van der Waals surface area contributed by atoms with Gasteiger partial charge in [0.2, 0.25) is 0 Å². The number of ether oxygens (including phenoxy) is 2. The summed E-state index contributed by atoms with van der Waals surface area (Å²) < 4.78 is 10.6. The highest BCUT2D eigenvalue weighted by Crippen LogP contribution is 2.35. The fourth-order valence-corrected chi connectivity index (χ4v) is 3.63. The fourth-order valence-electron chi connectivity index (χ4n) is 3.63. The Morgan fingerprint density at radius 1 is 1.17 bits per heavy atom. The van der Waals surface area contributed by atoms with Gasteiger partial charge in [-0.25, -0.2) is 4.79 Å². The second-order valence-electron chi connectivity index (χ2n) is 6.20. The molecule has 2 aliphatic rings. The Morgan fingerprint density at radius 3 is 2.48 bits per heavy atom. The summed E-state index contributed by atoms with van der Waals surface area (Å²) in [5.74, 6) is -0.0847. The molecule has 3 atom stereocenters. The van der Waals surface area contributed by atoms with Crippen molar-refractivity contribution in [3.63, 3.8) is 0 Å². The molecule has 0 radical (unpaired) electrons. The number of nitrogens with one attached hydrogen (secondary N) is 1. The summed E-state index contributed by atoms with van der Waals surface area (Å²) in [6, 6.07) is 7.74. The Bertz CT molecular complexity index is 590. The number of benzene rings is 1. The lowest BCUT2D eigenvalue weighted by Gasteiger charge is -2.35. The van der Waals surface area contributed by atoms with Gasteiger partial charge in [-0.1, -0.05) is 12.1 Å². The maximum atomic E-state index is 12.2. The maximum absolute atomic E-state index is 12.2. The lowest BCUT2D eigenvalue weighted by atomic mass is 10.0. The zero-order valence-electron chi connectivity index (χ0n) is 13.5. The van der Waals surface area contributed by atoms with E-state index in [2.05, 4.69) is 17.3 Å². The zero-order chi connectivity index (χ0) is 16.4. The van der Waals surface area contributed by atoms with Crippen LogP contribution < -0.4 is 10.1 Å². The number of piperidine rings is 1. The quantitative estimate of drug-likeness (QED) is 0.925. The van der Waals surface area contributed by atoms with Crippen LogP contribution in [0.25, 0.3) is 0 Å². The number of rotatable bonds is 3. The van der Waals surface area contributed by atoms with Gasteiger partial charge in [0, 0.05) is 24.9 Å². The van der Waals surface area contributed by atoms with Gasteiger partial charge in [-0.3, -0.25) is 10.1 Å². The minimum Gasteiger partial charge on any atom is -0.496 e. The Balaban J connectivity index is 1.56. The molecule has 124 valence electrons. The van der Waals surface area contributed by atoms with Crippen LogP contribution in [0, 0.1) is 0 Å². The highest BCUT2D eigenvalue weighted by atomic mass is 16.6. The van der Waals surface area contributed by atoms with Gasteiger partial charge in [-0.05, 0) is 32.0 Å². The molecular weight excluding hydrogens is 296 g/mol. The molecular formula is C17H22N2O4. The van der Waals surface area contributed by atoms with Crippen LogP contribution in [0.4, 0.5) is 4.79 Å². The van der Waals surface area contributed by atoms with Crippen LogP contribution in [-0.4, -0.2) is 49.2 Å². The van der Waals surface area contributed by atoms with Crippen LogP contribution in [0.3, 0.4) is 0 Å². The van der Waals surface area contributed by atoms with Crippen molar-refractivity contribution in [1.82, 2.24) is 10.2 Å². The van der Waals surface area contributed by atoms with E-state index in [4.69, 9.17) is 9.47 Å². The summed E-state index contributed by atoms with van der Waals surface area (Å²) in [6.45, 7) is 0. The number of alkyl carbamates (subject to hydrolysis) is 1. The number of para-hydroxylation sites is 1. The SMILES string of the molecule is COc1ccccc1C(=O)NC(=O)OC1C[C@H]2CC[C@@H](C1)N2C. The third-order valence-electron chi connectivity index (χ3n) is 4.90. The Hall–Kier alpha value is -2.08. The van der Waals surface area contributed by atoms with E-state index in [0.717, 1.165) is 25.7 Å². The summed E-state index contributed by atoms with van der Waals surface area (Å²) in [7, 11) is 3.61. The van der Waals surface area contributed by atoms with Crippen molar-refractivity contribution in [2.24, 2.45) is 0 Å². The monoisotopic (exact) mass is 318 g/mol. The Labute approximate surface area is 135 Å². The molecule has 1 unspecified atom stereocenters. The van der Waals surface area contributed by atoms with E-state index in [-0.39, 0.29) is 6.10 Å². The van der Waals surface area contributed by atoms with Crippen LogP contribution in [0.2, 0.25) is 0 Å². The molecule has 2 fully saturated rings. The van der Waals surface area contributed by atoms with Gasteiger partial charge in [0.05, 0.1) is 12.7 Å². The van der Waals surface area contributed by atoms with Crippen molar-refractivity contribution < 1.29 is 19.1 Å². The third kappa shape index (κ3) is 3.32. The lowest BCUT2D eigenvalue weighted by molar-refractivity contribution is 0.0283. The molecule has 0 aliphatic carbocycles. The van der Waals surface area contributed by atoms with E-state index in [0.29, 0.717) is 23.4 Å². The molecule has 0 saturated carbocycles. The van der Waals surface area contributed by atoms with Gasteiger partial charge in [0.1, 0.15) is 11.9 Å². The highest BCUT2D eigenvalue weighted by Gasteiger charge is 2.40. The summed E-state index contributed by atoms with van der Waals surface area (Å²) in [5.41, 5.74) is 0.315. The molecule has 0 aromatic heterocycles. The summed E-state index contributed by atoms with van der Waals surface area (Å²) in [5, 5.41) is 2.29. The minimum absolute atomic E-state index is 0.117. The zero-order valence-corrected chi connectivity index (χ0v) is 13.5. The molecule has 0 spiro atoms. The first-order chi connectivity index (χ1) is 11.1. The minimum atomic E-state index is -0.685. The second-order valence-corrected chi connectivity index (χ2v) is 6.20. The van der Waals surface area contributed by atoms with E-state index < -0.39 is 12.0 Å². The number of methoxy groups -OCH3 is 1. The molecule has 1 aromatic rings. The van der Waals surface area contributed by atoms with Gasteiger partial charge in [-0.2, -0.15) is 0 Å². The Kier molecular flexibility index (Phi) is 4.52. The Morgan fingerprint density at radius 2 is 1.83 bits per heavy atom. The number of nitrogens with zero attached hydrogens (tertiary/aromatic N) is 1. The standard InChI is InChI=1S/C17H22N2O4/c1-19-11-7-8-12(19)10-13(9-11)23-17(21)18-16(20)14-5-3-4-6-15(14)22-2/h3-6,11-13H,7-10H2,1-2H3,(H,18,20,21)/t11-,12+,13?. The number of hydrogen-bond acceptors (Lipinski definition) is 5. The molecule has 23 heavy (non-hydrogen) atoms. The average Bonchev–Trinajstić information content (AvgIpc) is 2.75. The maximum Gasteiger partial charge on any atom is 0.414 e.